The van der Waals surface area contributed by atoms with E-state index in [1.165, 1.54) is 5.56 Å². The smallest absolute Gasteiger partial charge is 0.223 e. The molecule has 0 atom stereocenters. The molecule has 94 valence electrons. The van der Waals surface area contributed by atoms with Crippen LogP contribution in [0.3, 0.4) is 0 Å². The van der Waals surface area contributed by atoms with Gasteiger partial charge in [0, 0.05) is 42.6 Å². The average Bonchev–Trinajstić information content (AvgIpc) is 2.28. The Morgan fingerprint density at radius 2 is 2.00 bits per heavy atom. The van der Waals surface area contributed by atoms with Crippen molar-refractivity contribution in [2.75, 3.05) is 20.6 Å². The second-order valence-corrected chi connectivity index (χ2v) is 5.67. The maximum absolute atomic E-state index is 11.3. The van der Waals surface area contributed by atoms with E-state index in [0.717, 1.165) is 15.5 Å². The van der Waals surface area contributed by atoms with Gasteiger partial charge in [-0.3, -0.25) is 4.79 Å². The molecule has 17 heavy (non-hydrogen) atoms. The van der Waals surface area contributed by atoms with Gasteiger partial charge in [0.2, 0.25) is 5.91 Å². The van der Waals surface area contributed by atoms with E-state index in [-0.39, 0.29) is 5.91 Å². The Balaban J connectivity index is 2.31. The maximum atomic E-state index is 11.3. The van der Waals surface area contributed by atoms with Gasteiger partial charge in [-0.1, -0.05) is 6.07 Å². The molecule has 1 amide bonds. The minimum atomic E-state index is 0.148. The highest BCUT2D eigenvalue weighted by atomic mass is 79.9. The Bertz CT molecular complexity index is 394. The number of rotatable bonds is 5. The lowest BCUT2D eigenvalue weighted by Gasteiger charge is -2.10. The standard InChI is InChI=1S/C12H16Br2N2O/c1-16(2)12(17)5-6-15-8-9-3-4-10(13)11(14)7-9/h3-4,7,15H,5-6,8H2,1-2H3. The summed E-state index contributed by atoms with van der Waals surface area (Å²) in [7, 11) is 3.54. The average molecular weight is 364 g/mol. The summed E-state index contributed by atoms with van der Waals surface area (Å²) in [4.78, 5) is 12.9. The third-order valence-electron chi connectivity index (χ3n) is 2.33. The van der Waals surface area contributed by atoms with Crippen LogP contribution in [0.15, 0.2) is 27.1 Å². The summed E-state index contributed by atoms with van der Waals surface area (Å²) < 4.78 is 2.09. The first-order valence-corrected chi connectivity index (χ1v) is 6.94. The van der Waals surface area contributed by atoms with Crippen molar-refractivity contribution in [2.45, 2.75) is 13.0 Å². The molecule has 0 saturated heterocycles. The predicted molar refractivity (Wildman–Crippen MR) is 76.9 cm³/mol. The summed E-state index contributed by atoms with van der Waals surface area (Å²) >= 11 is 6.89. The molecule has 0 aliphatic carbocycles. The van der Waals surface area contributed by atoms with Crippen LogP contribution in [0.25, 0.3) is 0 Å². The van der Waals surface area contributed by atoms with Crippen LogP contribution < -0.4 is 5.32 Å². The normalized spacial score (nSPS) is 10.4. The highest BCUT2D eigenvalue weighted by Gasteiger charge is 2.03. The molecule has 0 unspecified atom stereocenters. The number of nitrogens with one attached hydrogen (secondary N) is 1. The summed E-state index contributed by atoms with van der Waals surface area (Å²) in [5.74, 6) is 0.148. The molecule has 0 radical (unpaired) electrons. The van der Waals surface area contributed by atoms with Crippen molar-refractivity contribution in [3.8, 4) is 0 Å². The molecule has 0 saturated carbocycles. The van der Waals surface area contributed by atoms with E-state index in [1.807, 2.05) is 6.07 Å². The number of amides is 1. The molecule has 0 spiro atoms. The van der Waals surface area contributed by atoms with E-state index in [1.54, 1.807) is 19.0 Å². The van der Waals surface area contributed by atoms with Crippen molar-refractivity contribution in [3.05, 3.63) is 32.7 Å². The van der Waals surface area contributed by atoms with Crippen molar-refractivity contribution < 1.29 is 4.79 Å². The van der Waals surface area contributed by atoms with E-state index in [2.05, 4.69) is 49.3 Å². The lowest BCUT2D eigenvalue weighted by molar-refractivity contribution is -0.128. The fourth-order valence-corrected chi connectivity index (χ4v) is 1.97. The Morgan fingerprint density at radius 1 is 1.29 bits per heavy atom. The summed E-state index contributed by atoms with van der Waals surface area (Å²) in [5, 5.41) is 3.25. The number of nitrogens with zero attached hydrogens (tertiary/aromatic N) is 1. The van der Waals surface area contributed by atoms with Gasteiger partial charge in [-0.2, -0.15) is 0 Å². The fraction of sp³-hybridized carbons (Fsp3) is 0.417. The molecule has 1 N–H and O–H groups in total. The van der Waals surface area contributed by atoms with Crippen LogP contribution >= 0.6 is 31.9 Å². The van der Waals surface area contributed by atoms with Gasteiger partial charge in [0.15, 0.2) is 0 Å². The second kappa shape index (κ2) is 7.13. The van der Waals surface area contributed by atoms with Gasteiger partial charge in [0.25, 0.3) is 0 Å². The molecule has 5 heteroatoms. The van der Waals surface area contributed by atoms with Crippen LogP contribution in [0.2, 0.25) is 0 Å². The molecule has 1 aromatic carbocycles. The zero-order valence-electron chi connectivity index (χ0n) is 9.96. The maximum Gasteiger partial charge on any atom is 0.223 e. The van der Waals surface area contributed by atoms with Crippen LogP contribution in [0.5, 0.6) is 0 Å². The zero-order chi connectivity index (χ0) is 12.8. The third-order valence-corrected chi connectivity index (χ3v) is 4.21. The zero-order valence-corrected chi connectivity index (χ0v) is 13.1. The van der Waals surface area contributed by atoms with E-state index in [9.17, 15) is 4.79 Å². The summed E-state index contributed by atoms with van der Waals surface area (Å²) in [6.07, 6.45) is 0.532. The predicted octanol–water partition coefficient (Wildman–Crippen LogP) is 2.78. The number of halogens is 2. The Labute approximate surface area is 119 Å². The topological polar surface area (TPSA) is 32.3 Å². The molecule has 1 rings (SSSR count). The molecular formula is C12H16Br2N2O. The molecule has 0 aromatic heterocycles. The molecule has 0 aliphatic heterocycles. The Morgan fingerprint density at radius 3 is 2.59 bits per heavy atom. The van der Waals surface area contributed by atoms with Crippen molar-refractivity contribution in [3.63, 3.8) is 0 Å². The highest BCUT2D eigenvalue weighted by Crippen LogP contribution is 2.23. The largest absolute Gasteiger partial charge is 0.349 e. The van der Waals surface area contributed by atoms with Crippen LogP contribution in [0.1, 0.15) is 12.0 Å². The molecule has 0 bridgehead atoms. The lowest BCUT2D eigenvalue weighted by atomic mass is 10.2. The number of carbonyl (C=O) groups is 1. The minimum absolute atomic E-state index is 0.148. The summed E-state index contributed by atoms with van der Waals surface area (Å²) in [5.41, 5.74) is 1.19. The second-order valence-electron chi connectivity index (χ2n) is 3.96. The van der Waals surface area contributed by atoms with Gasteiger partial charge >= 0.3 is 0 Å². The van der Waals surface area contributed by atoms with Gasteiger partial charge in [0.05, 0.1) is 0 Å². The number of benzene rings is 1. The van der Waals surface area contributed by atoms with Crippen LogP contribution in [-0.4, -0.2) is 31.4 Å². The van der Waals surface area contributed by atoms with Crippen molar-refractivity contribution in [2.24, 2.45) is 0 Å². The molecule has 3 nitrogen and oxygen atoms in total. The van der Waals surface area contributed by atoms with Crippen molar-refractivity contribution >= 4 is 37.8 Å². The Kier molecular flexibility index (Phi) is 6.16. The summed E-state index contributed by atoms with van der Waals surface area (Å²) in [6, 6.07) is 6.12. The molecule has 1 aromatic rings. The van der Waals surface area contributed by atoms with Crippen molar-refractivity contribution in [1.82, 2.24) is 10.2 Å². The van der Waals surface area contributed by atoms with E-state index in [4.69, 9.17) is 0 Å². The number of hydrogen-bond acceptors (Lipinski definition) is 2. The first kappa shape index (κ1) is 14.7. The number of carbonyl (C=O) groups excluding carboxylic acids is 1. The van der Waals surface area contributed by atoms with Crippen LogP contribution in [0.4, 0.5) is 0 Å². The summed E-state index contributed by atoms with van der Waals surface area (Å²) in [6.45, 7) is 1.47. The molecule has 0 fully saturated rings. The van der Waals surface area contributed by atoms with Crippen molar-refractivity contribution in [1.29, 1.82) is 0 Å². The third kappa shape index (κ3) is 5.19. The van der Waals surface area contributed by atoms with Crippen LogP contribution in [-0.2, 0) is 11.3 Å². The molecule has 0 aliphatic rings. The minimum Gasteiger partial charge on any atom is -0.349 e. The quantitative estimate of drug-likeness (QED) is 0.816. The van der Waals surface area contributed by atoms with Gasteiger partial charge < -0.3 is 10.2 Å². The molecule has 0 heterocycles. The van der Waals surface area contributed by atoms with Crippen LogP contribution in [0, 0.1) is 0 Å². The van der Waals surface area contributed by atoms with E-state index in [0.29, 0.717) is 13.0 Å². The fourth-order valence-electron chi connectivity index (χ4n) is 1.30. The van der Waals surface area contributed by atoms with Gasteiger partial charge in [-0.15, -0.1) is 0 Å². The lowest BCUT2D eigenvalue weighted by Crippen LogP contribution is -2.26. The monoisotopic (exact) mass is 362 g/mol. The number of hydrogen-bond donors (Lipinski definition) is 1. The van der Waals surface area contributed by atoms with Gasteiger partial charge in [0.1, 0.15) is 0 Å². The first-order chi connectivity index (χ1) is 8.00. The SMILES string of the molecule is CN(C)C(=O)CCNCc1ccc(Br)c(Br)c1. The van der Waals surface area contributed by atoms with E-state index < -0.39 is 0 Å². The first-order valence-electron chi connectivity index (χ1n) is 5.35. The van der Waals surface area contributed by atoms with Gasteiger partial charge in [-0.25, -0.2) is 0 Å². The highest BCUT2D eigenvalue weighted by molar-refractivity contribution is 9.13. The van der Waals surface area contributed by atoms with E-state index >= 15 is 0 Å². The molecular weight excluding hydrogens is 348 g/mol. The van der Waals surface area contributed by atoms with Gasteiger partial charge in [-0.05, 0) is 49.6 Å². The Hall–Kier alpha value is -0.390.